The maximum Gasteiger partial charge on any atom is 0.0599 e. The number of hydrogen-bond donors (Lipinski definition) is 2. The van der Waals surface area contributed by atoms with Crippen molar-refractivity contribution < 1.29 is 10.2 Å². The molecule has 1 saturated carbocycles. The molecule has 0 heterocycles. The minimum atomic E-state index is -0.280. The Morgan fingerprint density at radius 2 is 2.05 bits per heavy atom. The standard InChI is InChI=1S/C16H29NO2/c1-17(2)7-5-3-4-6-12-8-13-10-16(19)15(11-18)14(13)9-12/h8,13-16,18-19H,3-7,9-11H2,1-2H3/t13-,14-,15-,16+/m0/s1. The van der Waals surface area contributed by atoms with Crippen LogP contribution in [0.25, 0.3) is 0 Å². The summed E-state index contributed by atoms with van der Waals surface area (Å²) in [6, 6.07) is 0. The van der Waals surface area contributed by atoms with E-state index in [0.717, 1.165) is 12.8 Å². The molecule has 0 aliphatic heterocycles. The molecular formula is C16H29NO2. The number of aliphatic hydroxyl groups is 2. The molecule has 0 amide bonds. The Morgan fingerprint density at radius 3 is 2.74 bits per heavy atom. The zero-order chi connectivity index (χ0) is 13.8. The summed E-state index contributed by atoms with van der Waals surface area (Å²) in [6.07, 6.45) is 9.18. The normalized spacial score (nSPS) is 33.8. The third-order valence-electron chi connectivity index (χ3n) is 4.87. The summed E-state index contributed by atoms with van der Waals surface area (Å²) in [4.78, 5) is 2.24. The predicted octanol–water partition coefficient (Wildman–Crippen LogP) is 2.04. The second kappa shape index (κ2) is 6.87. The Kier molecular flexibility index (Phi) is 5.43. The van der Waals surface area contributed by atoms with Crippen molar-refractivity contribution >= 4 is 0 Å². The zero-order valence-corrected chi connectivity index (χ0v) is 12.4. The third-order valence-corrected chi connectivity index (χ3v) is 4.87. The van der Waals surface area contributed by atoms with E-state index in [9.17, 15) is 10.2 Å². The lowest BCUT2D eigenvalue weighted by Gasteiger charge is -2.19. The molecule has 2 rings (SSSR count). The third kappa shape index (κ3) is 3.80. The lowest BCUT2D eigenvalue weighted by Crippen LogP contribution is -2.22. The van der Waals surface area contributed by atoms with Crippen LogP contribution in [-0.2, 0) is 0 Å². The first-order valence-electron chi connectivity index (χ1n) is 7.75. The number of nitrogens with zero attached hydrogens (tertiary/aromatic N) is 1. The SMILES string of the molecule is CN(C)CCCCCC1=C[C@H]2C[C@@H](O)[C@@H](CO)[C@H]2C1. The molecule has 0 bridgehead atoms. The van der Waals surface area contributed by atoms with E-state index in [0.29, 0.717) is 11.8 Å². The summed E-state index contributed by atoms with van der Waals surface area (Å²) in [5, 5.41) is 19.3. The largest absolute Gasteiger partial charge is 0.396 e. The van der Waals surface area contributed by atoms with Crippen molar-refractivity contribution in [2.75, 3.05) is 27.2 Å². The van der Waals surface area contributed by atoms with Crippen molar-refractivity contribution in [1.82, 2.24) is 4.90 Å². The molecule has 2 N–H and O–H groups in total. The first-order valence-corrected chi connectivity index (χ1v) is 7.75. The molecular weight excluding hydrogens is 238 g/mol. The van der Waals surface area contributed by atoms with Crippen LogP contribution < -0.4 is 0 Å². The van der Waals surface area contributed by atoms with E-state index in [1.54, 1.807) is 5.57 Å². The Morgan fingerprint density at radius 1 is 1.26 bits per heavy atom. The molecule has 0 saturated heterocycles. The first-order chi connectivity index (χ1) is 9.11. The van der Waals surface area contributed by atoms with Crippen LogP contribution in [0.4, 0.5) is 0 Å². The van der Waals surface area contributed by atoms with E-state index in [-0.39, 0.29) is 18.6 Å². The van der Waals surface area contributed by atoms with Gasteiger partial charge in [0.2, 0.25) is 0 Å². The van der Waals surface area contributed by atoms with Gasteiger partial charge in [-0.15, -0.1) is 0 Å². The average Bonchev–Trinajstić information content (AvgIpc) is 2.84. The van der Waals surface area contributed by atoms with Gasteiger partial charge in [0.05, 0.1) is 6.10 Å². The molecule has 2 aliphatic rings. The lowest BCUT2D eigenvalue weighted by molar-refractivity contribution is 0.0722. The predicted molar refractivity (Wildman–Crippen MR) is 77.9 cm³/mol. The summed E-state index contributed by atoms with van der Waals surface area (Å²) in [5.74, 6) is 1.16. The van der Waals surface area contributed by atoms with Gasteiger partial charge >= 0.3 is 0 Å². The van der Waals surface area contributed by atoms with E-state index >= 15 is 0 Å². The molecule has 0 spiro atoms. The van der Waals surface area contributed by atoms with Crippen molar-refractivity contribution in [3.63, 3.8) is 0 Å². The molecule has 0 radical (unpaired) electrons. The van der Waals surface area contributed by atoms with E-state index in [2.05, 4.69) is 25.1 Å². The summed E-state index contributed by atoms with van der Waals surface area (Å²) in [6.45, 7) is 1.33. The smallest absolute Gasteiger partial charge is 0.0599 e. The topological polar surface area (TPSA) is 43.7 Å². The summed E-state index contributed by atoms with van der Waals surface area (Å²) in [5.41, 5.74) is 1.57. The summed E-state index contributed by atoms with van der Waals surface area (Å²) >= 11 is 0. The van der Waals surface area contributed by atoms with Crippen molar-refractivity contribution in [2.45, 2.75) is 44.6 Å². The first kappa shape index (κ1) is 15.0. The highest BCUT2D eigenvalue weighted by Crippen LogP contribution is 2.47. The highest BCUT2D eigenvalue weighted by Gasteiger charge is 2.43. The van der Waals surface area contributed by atoms with Crippen LogP contribution in [0, 0.1) is 17.8 Å². The zero-order valence-electron chi connectivity index (χ0n) is 12.4. The molecule has 0 unspecified atom stereocenters. The minimum absolute atomic E-state index is 0.118. The van der Waals surface area contributed by atoms with Crippen molar-refractivity contribution in [3.8, 4) is 0 Å². The van der Waals surface area contributed by atoms with E-state index < -0.39 is 0 Å². The van der Waals surface area contributed by atoms with Crippen molar-refractivity contribution in [2.24, 2.45) is 17.8 Å². The summed E-state index contributed by atoms with van der Waals surface area (Å²) in [7, 11) is 4.25. The number of aliphatic hydroxyl groups excluding tert-OH is 2. The van der Waals surface area contributed by atoms with Crippen LogP contribution in [0.2, 0.25) is 0 Å². The fourth-order valence-electron chi connectivity index (χ4n) is 3.80. The van der Waals surface area contributed by atoms with Gasteiger partial charge in [0.1, 0.15) is 0 Å². The van der Waals surface area contributed by atoms with Crippen molar-refractivity contribution in [3.05, 3.63) is 11.6 Å². The number of allylic oxidation sites excluding steroid dienone is 2. The molecule has 1 fully saturated rings. The monoisotopic (exact) mass is 267 g/mol. The molecule has 3 heteroatoms. The second-order valence-electron chi connectivity index (χ2n) is 6.62. The van der Waals surface area contributed by atoms with Gasteiger partial charge in [0, 0.05) is 12.5 Å². The van der Waals surface area contributed by atoms with Crippen LogP contribution >= 0.6 is 0 Å². The molecule has 0 aromatic heterocycles. The van der Waals surface area contributed by atoms with Gasteiger partial charge in [-0.2, -0.15) is 0 Å². The van der Waals surface area contributed by atoms with Crippen LogP contribution in [0.3, 0.4) is 0 Å². The minimum Gasteiger partial charge on any atom is -0.396 e. The van der Waals surface area contributed by atoms with Crippen LogP contribution in [-0.4, -0.2) is 48.5 Å². The Balaban J connectivity index is 1.69. The lowest BCUT2D eigenvalue weighted by atomic mass is 9.90. The Bertz CT molecular complexity index is 314. The molecule has 0 aromatic carbocycles. The summed E-state index contributed by atoms with van der Waals surface area (Å²) < 4.78 is 0. The van der Waals surface area contributed by atoms with Crippen LogP contribution in [0.5, 0.6) is 0 Å². The van der Waals surface area contributed by atoms with Crippen molar-refractivity contribution in [1.29, 1.82) is 0 Å². The molecule has 110 valence electrons. The quantitative estimate of drug-likeness (QED) is 0.548. The number of rotatable bonds is 7. The molecule has 2 aliphatic carbocycles. The van der Waals surface area contributed by atoms with Gasteiger partial charge in [-0.25, -0.2) is 0 Å². The Labute approximate surface area is 117 Å². The van der Waals surface area contributed by atoms with Gasteiger partial charge in [0.25, 0.3) is 0 Å². The maximum atomic E-state index is 9.89. The van der Waals surface area contributed by atoms with E-state index in [1.807, 2.05) is 0 Å². The molecule has 4 atom stereocenters. The Hall–Kier alpha value is -0.380. The fraction of sp³-hybridized carbons (Fsp3) is 0.875. The maximum absolute atomic E-state index is 9.89. The highest BCUT2D eigenvalue weighted by molar-refractivity contribution is 5.18. The number of unbranched alkanes of at least 4 members (excludes halogenated alkanes) is 2. The van der Waals surface area contributed by atoms with Crippen LogP contribution in [0.15, 0.2) is 11.6 Å². The average molecular weight is 267 g/mol. The molecule has 0 aromatic rings. The van der Waals surface area contributed by atoms with Gasteiger partial charge in [-0.3, -0.25) is 0 Å². The molecule has 3 nitrogen and oxygen atoms in total. The van der Waals surface area contributed by atoms with Gasteiger partial charge in [-0.1, -0.05) is 18.1 Å². The fourth-order valence-corrected chi connectivity index (χ4v) is 3.80. The highest BCUT2D eigenvalue weighted by atomic mass is 16.3. The van der Waals surface area contributed by atoms with E-state index in [1.165, 1.54) is 32.2 Å². The van der Waals surface area contributed by atoms with Crippen LogP contribution in [0.1, 0.15) is 38.5 Å². The van der Waals surface area contributed by atoms with Gasteiger partial charge in [-0.05, 0) is 64.6 Å². The van der Waals surface area contributed by atoms with Gasteiger partial charge in [0.15, 0.2) is 0 Å². The van der Waals surface area contributed by atoms with Gasteiger partial charge < -0.3 is 15.1 Å². The number of fused-ring (bicyclic) bond motifs is 1. The molecule has 19 heavy (non-hydrogen) atoms. The number of hydrogen-bond acceptors (Lipinski definition) is 3. The van der Waals surface area contributed by atoms with E-state index in [4.69, 9.17) is 0 Å². The second-order valence-corrected chi connectivity index (χ2v) is 6.62.